The van der Waals surface area contributed by atoms with Gasteiger partial charge in [0.15, 0.2) is 0 Å². The molecule has 5 heteroatoms. The number of aromatic nitrogens is 1. The summed E-state index contributed by atoms with van der Waals surface area (Å²) in [5, 5.41) is 2.82. The van der Waals surface area contributed by atoms with Crippen molar-refractivity contribution < 1.29 is 9.53 Å². The third-order valence-corrected chi connectivity index (χ3v) is 3.45. The summed E-state index contributed by atoms with van der Waals surface area (Å²) in [5.41, 5.74) is 6.73. The number of amides is 1. The highest BCUT2D eigenvalue weighted by Crippen LogP contribution is 2.33. The minimum Gasteiger partial charge on any atom is -0.487 e. The fraction of sp³-hybridized carbons (Fsp3) is 0.250. The number of ether oxygens (including phenoxy) is 1. The Kier molecular flexibility index (Phi) is 3.58. The van der Waals surface area contributed by atoms with Crippen LogP contribution in [0.4, 0.5) is 5.69 Å². The van der Waals surface area contributed by atoms with Crippen LogP contribution in [0.25, 0.3) is 0 Å². The third-order valence-electron chi connectivity index (χ3n) is 3.45. The van der Waals surface area contributed by atoms with Crippen molar-refractivity contribution in [2.75, 3.05) is 5.32 Å². The van der Waals surface area contributed by atoms with E-state index in [1.54, 1.807) is 12.3 Å². The molecule has 1 saturated carbocycles. The van der Waals surface area contributed by atoms with E-state index in [-0.39, 0.29) is 5.91 Å². The van der Waals surface area contributed by atoms with E-state index in [9.17, 15) is 4.79 Å². The van der Waals surface area contributed by atoms with E-state index in [0.29, 0.717) is 18.0 Å². The Morgan fingerprint density at radius 1 is 1.29 bits per heavy atom. The molecule has 0 atom stereocenters. The Hall–Kier alpha value is -2.40. The minimum atomic E-state index is -0.676. The van der Waals surface area contributed by atoms with Crippen LogP contribution in [-0.4, -0.2) is 16.4 Å². The van der Waals surface area contributed by atoms with E-state index in [4.69, 9.17) is 10.5 Å². The monoisotopic (exact) mass is 283 g/mol. The average Bonchev–Trinajstić information content (AvgIpc) is 3.26. The molecule has 3 rings (SSSR count). The lowest BCUT2D eigenvalue weighted by atomic mass is 10.2. The van der Waals surface area contributed by atoms with Gasteiger partial charge in [-0.15, -0.1) is 0 Å². The van der Waals surface area contributed by atoms with E-state index in [1.165, 1.54) is 0 Å². The average molecular weight is 283 g/mol. The second-order valence-corrected chi connectivity index (χ2v) is 5.25. The molecule has 0 bridgehead atoms. The summed E-state index contributed by atoms with van der Waals surface area (Å²) in [7, 11) is 0. The zero-order valence-electron chi connectivity index (χ0n) is 11.6. The molecule has 1 heterocycles. The maximum absolute atomic E-state index is 11.9. The van der Waals surface area contributed by atoms with Gasteiger partial charge in [0.05, 0.1) is 11.2 Å². The fourth-order valence-corrected chi connectivity index (χ4v) is 1.92. The number of hydrogen-bond acceptors (Lipinski definition) is 4. The number of nitrogens with one attached hydrogen (secondary N) is 1. The van der Waals surface area contributed by atoms with Crippen LogP contribution in [0.15, 0.2) is 48.7 Å². The number of carbonyl (C=O) groups excluding carboxylic acids is 1. The number of nitrogens with two attached hydrogens (primary N) is 1. The molecule has 0 spiro atoms. The first kappa shape index (κ1) is 13.6. The van der Waals surface area contributed by atoms with Gasteiger partial charge in [0.1, 0.15) is 12.4 Å². The van der Waals surface area contributed by atoms with Crippen LogP contribution in [-0.2, 0) is 11.4 Å². The van der Waals surface area contributed by atoms with Crippen LogP contribution in [0.2, 0.25) is 0 Å². The van der Waals surface area contributed by atoms with Crippen LogP contribution in [0.5, 0.6) is 5.75 Å². The second kappa shape index (κ2) is 5.54. The van der Waals surface area contributed by atoms with E-state index < -0.39 is 5.54 Å². The molecule has 1 amide bonds. The molecule has 0 radical (unpaired) electrons. The number of carbonyl (C=O) groups is 1. The minimum absolute atomic E-state index is 0.135. The van der Waals surface area contributed by atoms with Gasteiger partial charge in [0.25, 0.3) is 0 Å². The Morgan fingerprint density at radius 2 is 2.14 bits per heavy atom. The highest BCUT2D eigenvalue weighted by Gasteiger charge is 2.45. The number of nitrogens with zero attached hydrogens (tertiary/aromatic N) is 1. The van der Waals surface area contributed by atoms with Gasteiger partial charge in [-0.25, -0.2) is 0 Å². The summed E-state index contributed by atoms with van der Waals surface area (Å²) in [6.07, 6.45) is 3.22. The number of pyridine rings is 1. The number of anilines is 1. The molecule has 1 aromatic carbocycles. The van der Waals surface area contributed by atoms with Crippen molar-refractivity contribution in [3.8, 4) is 5.75 Å². The van der Waals surface area contributed by atoms with Crippen LogP contribution in [0.1, 0.15) is 18.5 Å². The molecule has 5 nitrogen and oxygen atoms in total. The maximum Gasteiger partial charge on any atom is 0.244 e. The molecule has 2 aromatic rings. The van der Waals surface area contributed by atoms with Crippen LogP contribution < -0.4 is 15.8 Å². The van der Waals surface area contributed by atoms with E-state index >= 15 is 0 Å². The molecule has 21 heavy (non-hydrogen) atoms. The molecule has 1 aromatic heterocycles. The van der Waals surface area contributed by atoms with Gasteiger partial charge in [-0.3, -0.25) is 9.78 Å². The molecule has 3 N–H and O–H groups in total. The third kappa shape index (κ3) is 3.38. The molecule has 108 valence electrons. The van der Waals surface area contributed by atoms with Crippen LogP contribution in [0.3, 0.4) is 0 Å². The number of benzene rings is 1. The Labute approximate surface area is 123 Å². The van der Waals surface area contributed by atoms with E-state index in [2.05, 4.69) is 10.3 Å². The highest BCUT2D eigenvalue weighted by atomic mass is 16.5. The topological polar surface area (TPSA) is 77.2 Å². The molecule has 0 aliphatic heterocycles. The summed E-state index contributed by atoms with van der Waals surface area (Å²) in [5.74, 6) is 0.546. The maximum atomic E-state index is 11.9. The largest absolute Gasteiger partial charge is 0.487 e. The molecule has 0 saturated heterocycles. The zero-order valence-corrected chi connectivity index (χ0v) is 11.6. The van der Waals surface area contributed by atoms with Crippen molar-refractivity contribution in [1.82, 2.24) is 4.98 Å². The van der Waals surface area contributed by atoms with Crippen LogP contribution in [0, 0.1) is 0 Å². The van der Waals surface area contributed by atoms with Gasteiger partial charge in [-0.1, -0.05) is 12.1 Å². The van der Waals surface area contributed by atoms with Crippen molar-refractivity contribution in [3.05, 3.63) is 54.4 Å². The van der Waals surface area contributed by atoms with Crippen molar-refractivity contribution in [2.24, 2.45) is 5.73 Å². The van der Waals surface area contributed by atoms with Gasteiger partial charge >= 0.3 is 0 Å². The quantitative estimate of drug-likeness (QED) is 0.881. The van der Waals surface area contributed by atoms with E-state index in [0.717, 1.165) is 18.5 Å². The lowest BCUT2D eigenvalue weighted by molar-refractivity contribution is -0.118. The highest BCUT2D eigenvalue weighted by molar-refractivity contribution is 6.00. The molecule has 1 fully saturated rings. The summed E-state index contributed by atoms with van der Waals surface area (Å²) in [6.45, 7) is 0.388. The van der Waals surface area contributed by atoms with Gasteiger partial charge in [-0.05, 0) is 37.1 Å². The van der Waals surface area contributed by atoms with Crippen molar-refractivity contribution in [1.29, 1.82) is 0 Å². The SMILES string of the molecule is NC1(C(=O)Nc2cccc(OCc3ccccn3)c2)CC1. The van der Waals surface area contributed by atoms with Gasteiger partial charge in [0, 0.05) is 18.0 Å². The zero-order chi connectivity index (χ0) is 14.7. The smallest absolute Gasteiger partial charge is 0.244 e. The predicted molar refractivity (Wildman–Crippen MR) is 79.8 cm³/mol. The first-order valence-corrected chi connectivity index (χ1v) is 6.89. The van der Waals surface area contributed by atoms with Gasteiger partial charge in [-0.2, -0.15) is 0 Å². The summed E-state index contributed by atoms with van der Waals surface area (Å²) >= 11 is 0. The van der Waals surface area contributed by atoms with Crippen molar-refractivity contribution in [3.63, 3.8) is 0 Å². The predicted octanol–water partition coefficient (Wildman–Crippen LogP) is 2.09. The molecule has 1 aliphatic carbocycles. The summed E-state index contributed by atoms with van der Waals surface area (Å²) in [4.78, 5) is 16.1. The molecule has 1 aliphatic rings. The second-order valence-electron chi connectivity index (χ2n) is 5.25. The van der Waals surface area contributed by atoms with E-state index in [1.807, 2.05) is 36.4 Å². The molecular formula is C16H17N3O2. The van der Waals surface area contributed by atoms with Gasteiger partial charge < -0.3 is 15.8 Å². The first-order valence-electron chi connectivity index (χ1n) is 6.89. The summed E-state index contributed by atoms with van der Waals surface area (Å²) < 4.78 is 5.67. The van der Waals surface area contributed by atoms with Gasteiger partial charge in [0.2, 0.25) is 5.91 Å². The Morgan fingerprint density at radius 3 is 2.86 bits per heavy atom. The lowest BCUT2D eigenvalue weighted by Crippen LogP contribution is -2.37. The number of rotatable bonds is 5. The summed E-state index contributed by atoms with van der Waals surface area (Å²) in [6, 6.07) is 13.0. The fourth-order valence-electron chi connectivity index (χ4n) is 1.92. The molecule has 0 unspecified atom stereocenters. The molecular weight excluding hydrogens is 266 g/mol. The number of hydrogen-bond donors (Lipinski definition) is 2. The van der Waals surface area contributed by atoms with Crippen molar-refractivity contribution in [2.45, 2.75) is 25.0 Å². The van der Waals surface area contributed by atoms with Crippen molar-refractivity contribution >= 4 is 11.6 Å². The standard InChI is InChI=1S/C16H17N3O2/c17-16(7-8-16)15(20)19-12-5-3-6-14(10-12)21-11-13-4-1-2-9-18-13/h1-6,9-10H,7-8,11,17H2,(H,19,20). The first-order chi connectivity index (χ1) is 10.2. The Balaban J connectivity index is 1.62. The van der Waals surface area contributed by atoms with Crippen LogP contribution >= 0.6 is 0 Å². The normalized spacial score (nSPS) is 15.3. The lowest BCUT2D eigenvalue weighted by Gasteiger charge is -2.11. The Bertz CT molecular complexity index is 639.